The van der Waals surface area contributed by atoms with Gasteiger partial charge in [-0.15, -0.1) is 0 Å². The Morgan fingerprint density at radius 3 is 2.17 bits per heavy atom. The molecule has 0 radical (unpaired) electrons. The summed E-state index contributed by atoms with van der Waals surface area (Å²) in [5.74, 6) is 0.223. The molecule has 2 saturated heterocycles. The molecule has 218 valence electrons. The number of likely N-dealkylation sites (tertiary alicyclic amines) is 1. The Balaban J connectivity index is 1.30. The van der Waals surface area contributed by atoms with Gasteiger partial charge in [0, 0.05) is 57.1 Å². The van der Waals surface area contributed by atoms with E-state index in [2.05, 4.69) is 9.88 Å². The minimum Gasteiger partial charge on any atom is -0.368 e. The average molecular weight is 581 g/mol. The highest BCUT2D eigenvalue weighted by atomic mass is 35.5. The zero-order chi connectivity index (χ0) is 29.2. The molecular weight excluding hydrogens is 545 g/mol. The van der Waals surface area contributed by atoms with E-state index in [0.717, 1.165) is 60.8 Å². The van der Waals surface area contributed by atoms with Crippen molar-refractivity contribution in [3.8, 4) is 0 Å². The first kappa shape index (κ1) is 30.1. The number of pyridine rings is 1. The smallest absolute Gasteiger partial charge is 0.368 e. The maximum absolute atomic E-state index is 14.0. The number of carbonyl (C=O) groups excluding carboxylic acids is 2. The van der Waals surface area contributed by atoms with Crippen LogP contribution in [-0.4, -0.2) is 78.2 Å². The molecular formula is C29H36ClF3N4O3. The summed E-state index contributed by atoms with van der Waals surface area (Å²) < 4.78 is 42.0. The van der Waals surface area contributed by atoms with Crippen LogP contribution < -0.4 is 4.90 Å². The van der Waals surface area contributed by atoms with Crippen LogP contribution in [0.5, 0.6) is 0 Å². The summed E-state index contributed by atoms with van der Waals surface area (Å²) in [6.45, 7) is 3.93. The number of carbonyl (C=O) groups is 2. The van der Waals surface area contributed by atoms with Gasteiger partial charge in [0.25, 0.3) is 17.4 Å². The standard InChI is InChI=1S/C29H36ClF3N4O3/c1-19-15-25(34-18-24(19)26(38)35(2)3)36-11-7-20(8-12-36)16-21-9-13-37(14-10-21)27(39)28(40,29(31,32)33)22-5-4-6-23(30)17-22/h4-6,15,17-18,20-21,40H,7-14,16H2,1-3H3. The SMILES string of the molecule is Cc1cc(N2CCC(CC3CCN(C(=O)C(O)(c4cccc(Cl)c4)C(F)(F)F)CC3)CC2)ncc1C(=O)N(C)C. The van der Waals surface area contributed by atoms with Crippen molar-refractivity contribution in [1.82, 2.24) is 14.8 Å². The van der Waals surface area contributed by atoms with Gasteiger partial charge in [0.15, 0.2) is 0 Å². The number of aryl methyl sites for hydroxylation is 1. The van der Waals surface area contributed by atoms with Crippen molar-refractivity contribution in [2.45, 2.75) is 50.8 Å². The minimum absolute atomic E-state index is 0.0140. The summed E-state index contributed by atoms with van der Waals surface area (Å²) >= 11 is 5.86. The van der Waals surface area contributed by atoms with Crippen LogP contribution in [-0.2, 0) is 10.4 Å². The number of aliphatic hydroxyl groups is 1. The van der Waals surface area contributed by atoms with E-state index in [1.807, 2.05) is 13.0 Å². The third-order valence-electron chi connectivity index (χ3n) is 8.20. The number of halogens is 4. The molecule has 2 aliphatic rings. The molecule has 1 unspecified atom stereocenters. The second kappa shape index (κ2) is 11.9. The van der Waals surface area contributed by atoms with Crippen LogP contribution in [0, 0.1) is 18.8 Å². The molecule has 1 N–H and O–H groups in total. The summed E-state index contributed by atoms with van der Waals surface area (Å²) in [6.07, 6.45) is 0.544. The second-order valence-corrected chi connectivity index (χ2v) is 11.6. The van der Waals surface area contributed by atoms with E-state index in [1.54, 1.807) is 20.3 Å². The first-order chi connectivity index (χ1) is 18.8. The maximum atomic E-state index is 14.0. The summed E-state index contributed by atoms with van der Waals surface area (Å²) in [6, 6.07) is 6.70. The van der Waals surface area contributed by atoms with E-state index in [-0.39, 0.29) is 24.0 Å². The van der Waals surface area contributed by atoms with Gasteiger partial charge in [-0.05, 0) is 74.6 Å². The lowest BCUT2D eigenvalue weighted by atomic mass is 9.82. The molecule has 1 aromatic heterocycles. The highest BCUT2D eigenvalue weighted by molar-refractivity contribution is 6.30. The molecule has 2 fully saturated rings. The number of piperidine rings is 2. The van der Waals surface area contributed by atoms with Crippen LogP contribution in [0.3, 0.4) is 0 Å². The van der Waals surface area contributed by atoms with E-state index in [9.17, 15) is 27.9 Å². The first-order valence-corrected chi connectivity index (χ1v) is 14.0. The Kier molecular flexibility index (Phi) is 8.99. The zero-order valence-corrected chi connectivity index (χ0v) is 23.8. The summed E-state index contributed by atoms with van der Waals surface area (Å²) in [7, 11) is 3.43. The maximum Gasteiger partial charge on any atom is 0.430 e. The number of rotatable bonds is 6. The highest BCUT2D eigenvalue weighted by Crippen LogP contribution is 2.42. The molecule has 2 aliphatic heterocycles. The van der Waals surface area contributed by atoms with E-state index in [4.69, 9.17) is 11.6 Å². The average Bonchev–Trinajstić information content (AvgIpc) is 2.92. The number of aromatic nitrogens is 1. The first-order valence-electron chi connectivity index (χ1n) is 13.6. The zero-order valence-electron chi connectivity index (χ0n) is 23.0. The molecule has 3 heterocycles. The van der Waals surface area contributed by atoms with Gasteiger partial charge in [-0.2, -0.15) is 13.2 Å². The van der Waals surface area contributed by atoms with Crippen LogP contribution in [0.1, 0.15) is 53.6 Å². The van der Waals surface area contributed by atoms with Crippen molar-refractivity contribution in [2.24, 2.45) is 11.8 Å². The van der Waals surface area contributed by atoms with Crippen molar-refractivity contribution < 1.29 is 27.9 Å². The number of benzene rings is 1. The van der Waals surface area contributed by atoms with Crippen molar-refractivity contribution in [2.75, 3.05) is 45.2 Å². The third kappa shape index (κ3) is 6.22. The van der Waals surface area contributed by atoms with E-state index in [1.165, 1.54) is 17.0 Å². The van der Waals surface area contributed by atoms with E-state index in [0.29, 0.717) is 30.2 Å². The molecule has 0 saturated carbocycles. The van der Waals surface area contributed by atoms with Crippen molar-refractivity contribution in [3.05, 3.63) is 58.2 Å². The second-order valence-electron chi connectivity index (χ2n) is 11.2. The Hall–Kier alpha value is -2.85. The van der Waals surface area contributed by atoms with Gasteiger partial charge >= 0.3 is 6.18 Å². The molecule has 0 spiro atoms. The molecule has 2 amide bonds. The minimum atomic E-state index is -5.19. The lowest BCUT2D eigenvalue weighted by molar-refractivity contribution is -0.262. The van der Waals surface area contributed by atoms with Crippen LogP contribution >= 0.6 is 11.6 Å². The third-order valence-corrected chi connectivity index (χ3v) is 8.44. The lowest BCUT2D eigenvalue weighted by Crippen LogP contribution is -2.57. The Morgan fingerprint density at radius 2 is 1.65 bits per heavy atom. The van der Waals surface area contributed by atoms with Gasteiger partial charge in [-0.25, -0.2) is 4.98 Å². The van der Waals surface area contributed by atoms with Crippen LogP contribution in [0.25, 0.3) is 0 Å². The summed E-state index contributed by atoms with van der Waals surface area (Å²) in [5, 5.41) is 10.7. The summed E-state index contributed by atoms with van der Waals surface area (Å²) in [4.78, 5) is 34.8. The van der Waals surface area contributed by atoms with E-state index >= 15 is 0 Å². The van der Waals surface area contributed by atoms with Crippen LogP contribution in [0.2, 0.25) is 5.02 Å². The largest absolute Gasteiger partial charge is 0.430 e. The predicted molar refractivity (Wildman–Crippen MR) is 147 cm³/mol. The van der Waals surface area contributed by atoms with Gasteiger partial charge in [-0.1, -0.05) is 23.7 Å². The Labute approximate surface area is 237 Å². The van der Waals surface area contributed by atoms with Gasteiger partial charge in [-0.3, -0.25) is 9.59 Å². The fraction of sp³-hybridized carbons (Fsp3) is 0.552. The molecule has 1 atom stereocenters. The number of alkyl halides is 3. The van der Waals surface area contributed by atoms with Crippen LogP contribution in [0.4, 0.5) is 19.0 Å². The summed E-state index contributed by atoms with van der Waals surface area (Å²) in [5.41, 5.74) is -2.73. The van der Waals surface area contributed by atoms with Gasteiger partial charge < -0.3 is 19.8 Å². The van der Waals surface area contributed by atoms with Gasteiger partial charge in [0.05, 0.1) is 5.56 Å². The molecule has 0 bridgehead atoms. The van der Waals surface area contributed by atoms with E-state index < -0.39 is 23.2 Å². The van der Waals surface area contributed by atoms with Crippen molar-refractivity contribution in [1.29, 1.82) is 0 Å². The Morgan fingerprint density at radius 1 is 1.05 bits per heavy atom. The van der Waals surface area contributed by atoms with Gasteiger partial charge in [0.2, 0.25) is 0 Å². The van der Waals surface area contributed by atoms with Gasteiger partial charge in [0.1, 0.15) is 5.82 Å². The number of amides is 2. The molecule has 11 heteroatoms. The van der Waals surface area contributed by atoms with Crippen LogP contribution in [0.15, 0.2) is 36.5 Å². The lowest BCUT2D eigenvalue weighted by Gasteiger charge is -2.40. The molecule has 4 rings (SSSR count). The quantitative estimate of drug-likeness (QED) is 0.518. The normalized spacial score (nSPS) is 18.9. The number of anilines is 1. The van der Waals surface area contributed by atoms with Crippen molar-refractivity contribution in [3.63, 3.8) is 0 Å². The molecule has 40 heavy (non-hydrogen) atoms. The molecule has 7 nitrogen and oxygen atoms in total. The number of hydrogen-bond acceptors (Lipinski definition) is 5. The predicted octanol–water partition coefficient (Wildman–Crippen LogP) is 5.04. The number of nitrogens with zero attached hydrogens (tertiary/aromatic N) is 4. The fourth-order valence-corrected chi connectivity index (χ4v) is 5.96. The number of hydrogen-bond donors (Lipinski definition) is 1. The fourth-order valence-electron chi connectivity index (χ4n) is 5.77. The Bertz CT molecular complexity index is 1230. The monoisotopic (exact) mass is 580 g/mol. The molecule has 0 aliphatic carbocycles. The topological polar surface area (TPSA) is 77.0 Å². The highest BCUT2D eigenvalue weighted by Gasteiger charge is 2.62. The van der Waals surface area contributed by atoms with Crippen molar-refractivity contribution >= 4 is 29.2 Å². The molecule has 2 aromatic rings. The molecule has 1 aromatic carbocycles.